The maximum absolute atomic E-state index is 14.0. The average Bonchev–Trinajstić information content (AvgIpc) is 2.70. The van der Waals surface area contributed by atoms with E-state index in [1.807, 2.05) is 4.90 Å². The number of aliphatic carboxylic acids is 1. The smallest absolute Gasteiger partial charge is 0.342 e. The van der Waals surface area contributed by atoms with E-state index in [1.165, 1.54) is 12.8 Å². The fourth-order valence-corrected chi connectivity index (χ4v) is 2.80. The Labute approximate surface area is 89.3 Å². The highest BCUT2D eigenvalue weighted by Crippen LogP contribution is 2.31. The molecular formula is C11H18FNO2. The van der Waals surface area contributed by atoms with Gasteiger partial charge < -0.3 is 5.11 Å². The van der Waals surface area contributed by atoms with Crippen LogP contribution in [0.1, 0.15) is 38.5 Å². The third kappa shape index (κ3) is 2.14. The molecule has 2 aliphatic rings. The van der Waals surface area contributed by atoms with Gasteiger partial charge in [0.15, 0.2) is 0 Å². The van der Waals surface area contributed by atoms with E-state index in [9.17, 15) is 9.18 Å². The number of nitrogens with zero attached hydrogens (tertiary/aromatic N) is 1. The number of carboxylic acid groups (broad SMARTS) is 1. The second-order valence-electron chi connectivity index (χ2n) is 4.78. The molecule has 86 valence electrons. The number of halogens is 1. The molecule has 15 heavy (non-hydrogen) atoms. The molecule has 1 unspecified atom stereocenters. The highest BCUT2D eigenvalue weighted by Gasteiger charge is 2.44. The summed E-state index contributed by atoms with van der Waals surface area (Å²) in [5.41, 5.74) is -2.00. The molecule has 4 heteroatoms. The van der Waals surface area contributed by atoms with Gasteiger partial charge in [-0.25, -0.2) is 9.18 Å². The van der Waals surface area contributed by atoms with Crippen LogP contribution in [-0.2, 0) is 4.79 Å². The van der Waals surface area contributed by atoms with Gasteiger partial charge >= 0.3 is 5.97 Å². The van der Waals surface area contributed by atoms with Crippen molar-refractivity contribution in [1.82, 2.24) is 4.90 Å². The van der Waals surface area contributed by atoms with E-state index < -0.39 is 11.6 Å². The van der Waals surface area contributed by atoms with Crippen molar-refractivity contribution >= 4 is 5.97 Å². The van der Waals surface area contributed by atoms with E-state index in [2.05, 4.69) is 0 Å². The lowest BCUT2D eigenvalue weighted by atomic mass is 9.93. The van der Waals surface area contributed by atoms with Gasteiger partial charge in [0.1, 0.15) is 0 Å². The first-order valence-electron chi connectivity index (χ1n) is 5.78. The molecule has 0 spiro atoms. The monoisotopic (exact) mass is 215 g/mol. The van der Waals surface area contributed by atoms with Crippen molar-refractivity contribution in [2.75, 3.05) is 13.1 Å². The van der Waals surface area contributed by atoms with Crippen LogP contribution in [0.5, 0.6) is 0 Å². The summed E-state index contributed by atoms with van der Waals surface area (Å²) in [6.45, 7) is 0.955. The van der Waals surface area contributed by atoms with Crippen LogP contribution in [0, 0.1) is 0 Å². The summed E-state index contributed by atoms with van der Waals surface area (Å²) in [6, 6.07) is 0.430. The van der Waals surface area contributed by atoms with Crippen molar-refractivity contribution in [2.24, 2.45) is 0 Å². The number of piperidine rings is 1. The Kier molecular flexibility index (Phi) is 2.96. The maximum Gasteiger partial charge on any atom is 0.342 e. The Morgan fingerprint density at radius 3 is 2.60 bits per heavy atom. The Bertz CT molecular complexity index is 253. The molecule has 1 atom stereocenters. The van der Waals surface area contributed by atoms with Gasteiger partial charge in [-0.1, -0.05) is 12.8 Å². The lowest BCUT2D eigenvalue weighted by molar-refractivity contribution is -0.155. The predicted molar refractivity (Wildman–Crippen MR) is 54.5 cm³/mol. The first kappa shape index (κ1) is 10.9. The second-order valence-corrected chi connectivity index (χ2v) is 4.78. The van der Waals surface area contributed by atoms with Crippen molar-refractivity contribution < 1.29 is 14.3 Å². The van der Waals surface area contributed by atoms with E-state index in [-0.39, 0.29) is 13.0 Å². The van der Waals surface area contributed by atoms with Gasteiger partial charge in [-0.15, -0.1) is 0 Å². The summed E-state index contributed by atoms with van der Waals surface area (Å²) < 4.78 is 14.0. The predicted octanol–water partition coefficient (Wildman–Crippen LogP) is 1.82. The van der Waals surface area contributed by atoms with Crippen LogP contribution in [0.3, 0.4) is 0 Å². The number of carboxylic acids is 1. The van der Waals surface area contributed by atoms with E-state index in [4.69, 9.17) is 5.11 Å². The summed E-state index contributed by atoms with van der Waals surface area (Å²) in [7, 11) is 0. The fraction of sp³-hybridized carbons (Fsp3) is 0.909. The van der Waals surface area contributed by atoms with Crippen LogP contribution in [-0.4, -0.2) is 40.8 Å². The molecule has 1 saturated carbocycles. The zero-order valence-corrected chi connectivity index (χ0v) is 8.91. The molecular weight excluding hydrogens is 197 g/mol. The number of hydrogen-bond acceptors (Lipinski definition) is 2. The topological polar surface area (TPSA) is 40.5 Å². The molecule has 0 aromatic heterocycles. The standard InChI is InChI=1S/C11H18FNO2/c12-11(10(14)15)6-3-7-13(8-11)9-4-1-2-5-9/h9H,1-8H2,(H,14,15). The van der Waals surface area contributed by atoms with E-state index >= 15 is 0 Å². The molecule has 0 radical (unpaired) electrons. The Balaban J connectivity index is 2.00. The fourth-order valence-electron chi connectivity index (χ4n) is 2.80. The number of rotatable bonds is 2. The van der Waals surface area contributed by atoms with Gasteiger partial charge in [-0.3, -0.25) is 4.90 Å². The quantitative estimate of drug-likeness (QED) is 0.763. The highest BCUT2D eigenvalue weighted by molar-refractivity contribution is 5.77. The molecule has 0 bridgehead atoms. The SMILES string of the molecule is O=C(O)C1(F)CCCN(C2CCCC2)C1. The van der Waals surface area contributed by atoms with Crippen LogP contribution in [0.15, 0.2) is 0 Å². The normalized spacial score (nSPS) is 34.5. The lowest BCUT2D eigenvalue weighted by Gasteiger charge is -2.38. The number of carbonyl (C=O) groups is 1. The average molecular weight is 215 g/mol. The molecule has 1 heterocycles. The second kappa shape index (κ2) is 4.08. The van der Waals surface area contributed by atoms with E-state index in [0.29, 0.717) is 12.5 Å². The zero-order chi connectivity index (χ0) is 10.9. The third-order valence-corrected chi connectivity index (χ3v) is 3.70. The largest absolute Gasteiger partial charge is 0.479 e. The van der Waals surface area contributed by atoms with Crippen molar-refractivity contribution in [2.45, 2.75) is 50.2 Å². The minimum atomic E-state index is -2.00. The van der Waals surface area contributed by atoms with Gasteiger partial charge in [0, 0.05) is 12.6 Å². The molecule has 1 aliphatic carbocycles. The van der Waals surface area contributed by atoms with Crippen molar-refractivity contribution in [3.8, 4) is 0 Å². The molecule has 0 amide bonds. The Morgan fingerprint density at radius 1 is 1.33 bits per heavy atom. The van der Waals surface area contributed by atoms with Gasteiger partial charge in [0.2, 0.25) is 5.67 Å². The first-order valence-corrected chi connectivity index (χ1v) is 5.78. The summed E-state index contributed by atoms with van der Waals surface area (Å²) in [4.78, 5) is 12.9. The Morgan fingerprint density at radius 2 is 2.00 bits per heavy atom. The summed E-state index contributed by atoms with van der Waals surface area (Å²) >= 11 is 0. The van der Waals surface area contributed by atoms with Crippen LogP contribution < -0.4 is 0 Å². The molecule has 1 saturated heterocycles. The number of alkyl halides is 1. The number of hydrogen-bond donors (Lipinski definition) is 1. The minimum absolute atomic E-state index is 0.0903. The molecule has 2 fully saturated rings. The molecule has 1 aliphatic heterocycles. The molecule has 2 rings (SSSR count). The minimum Gasteiger partial charge on any atom is -0.479 e. The molecule has 1 N–H and O–H groups in total. The first-order chi connectivity index (χ1) is 7.12. The Hall–Kier alpha value is -0.640. The van der Waals surface area contributed by atoms with Crippen molar-refractivity contribution in [3.63, 3.8) is 0 Å². The van der Waals surface area contributed by atoms with Gasteiger partial charge in [-0.05, 0) is 32.2 Å². The van der Waals surface area contributed by atoms with Crippen LogP contribution in [0.25, 0.3) is 0 Å². The van der Waals surface area contributed by atoms with Gasteiger partial charge in [-0.2, -0.15) is 0 Å². The van der Waals surface area contributed by atoms with Gasteiger partial charge in [0.05, 0.1) is 0 Å². The third-order valence-electron chi connectivity index (χ3n) is 3.70. The maximum atomic E-state index is 14.0. The van der Waals surface area contributed by atoms with E-state index in [0.717, 1.165) is 19.4 Å². The van der Waals surface area contributed by atoms with Crippen molar-refractivity contribution in [1.29, 1.82) is 0 Å². The van der Waals surface area contributed by atoms with Crippen LogP contribution in [0.2, 0.25) is 0 Å². The van der Waals surface area contributed by atoms with Crippen LogP contribution in [0.4, 0.5) is 4.39 Å². The lowest BCUT2D eigenvalue weighted by Crippen LogP contribution is -2.52. The van der Waals surface area contributed by atoms with Crippen LogP contribution >= 0.6 is 0 Å². The molecule has 3 nitrogen and oxygen atoms in total. The summed E-state index contributed by atoms with van der Waals surface area (Å²) in [6.07, 6.45) is 5.46. The summed E-state index contributed by atoms with van der Waals surface area (Å²) in [5.74, 6) is -1.29. The summed E-state index contributed by atoms with van der Waals surface area (Å²) in [5, 5.41) is 8.86. The van der Waals surface area contributed by atoms with Crippen molar-refractivity contribution in [3.05, 3.63) is 0 Å². The molecule has 0 aromatic rings. The highest BCUT2D eigenvalue weighted by atomic mass is 19.1. The van der Waals surface area contributed by atoms with E-state index in [1.54, 1.807) is 0 Å². The molecule has 0 aromatic carbocycles. The number of likely N-dealkylation sites (tertiary alicyclic amines) is 1. The zero-order valence-electron chi connectivity index (χ0n) is 8.91. The van der Waals surface area contributed by atoms with Gasteiger partial charge in [0.25, 0.3) is 0 Å².